The van der Waals surface area contributed by atoms with Crippen LogP contribution in [-0.4, -0.2) is 54.1 Å². The molecule has 0 radical (unpaired) electrons. The molecule has 2 N–H and O–H groups in total. The van der Waals surface area contributed by atoms with E-state index in [1.807, 2.05) is 0 Å². The molecule has 0 fully saturated rings. The smallest absolute Gasteiger partial charge is 0.405 e. The van der Waals surface area contributed by atoms with Crippen molar-refractivity contribution >= 4 is 17.8 Å². The lowest BCUT2D eigenvalue weighted by atomic mass is 10.0. The van der Waals surface area contributed by atoms with Crippen molar-refractivity contribution in [3.8, 4) is 0 Å². The molecular weight excluding hydrogens is 281 g/mol. The second kappa shape index (κ2) is 7.71. The number of halogens is 3. The van der Waals surface area contributed by atoms with Gasteiger partial charge in [-0.2, -0.15) is 13.2 Å². The summed E-state index contributed by atoms with van der Waals surface area (Å²) in [6.07, 6.45) is -4.79. The first kappa shape index (κ1) is 18.2. The maximum absolute atomic E-state index is 11.9. The molecule has 0 aliphatic rings. The van der Waals surface area contributed by atoms with Crippen LogP contribution < -0.4 is 5.32 Å². The normalized spacial score (nSPS) is 12.7. The van der Waals surface area contributed by atoms with Gasteiger partial charge in [-0.3, -0.25) is 14.4 Å². The number of hydrogen-bond donors (Lipinski definition) is 2. The number of carboxylic acid groups (broad SMARTS) is 1. The van der Waals surface area contributed by atoms with E-state index in [1.165, 1.54) is 7.05 Å². The van der Waals surface area contributed by atoms with Crippen molar-refractivity contribution in [3.05, 3.63) is 0 Å². The number of rotatable bonds is 7. The largest absolute Gasteiger partial charge is 0.481 e. The number of nitrogens with zero attached hydrogens (tertiary/aromatic N) is 1. The lowest BCUT2D eigenvalue weighted by Crippen LogP contribution is -2.42. The quantitative estimate of drug-likeness (QED) is 0.721. The third kappa shape index (κ3) is 9.17. The minimum absolute atomic E-state index is 0.0879. The summed E-state index contributed by atoms with van der Waals surface area (Å²) in [5.41, 5.74) is 0. The van der Waals surface area contributed by atoms with E-state index in [2.05, 4.69) is 0 Å². The minimum atomic E-state index is -4.51. The van der Waals surface area contributed by atoms with E-state index in [9.17, 15) is 27.6 Å². The number of hydrogen-bond acceptors (Lipinski definition) is 3. The molecular formula is C11H17F3N2O4. The van der Waals surface area contributed by atoms with Gasteiger partial charge in [-0.25, -0.2) is 0 Å². The van der Waals surface area contributed by atoms with Crippen molar-refractivity contribution in [1.29, 1.82) is 0 Å². The van der Waals surface area contributed by atoms with Gasteiger partial charge in [0.25, 0.3) is 0 Å². The Balaban J connectivity index is 4.13. The van der Waals surface area contributed by atoms with Crippen LogP contribution in [0.2, 0.25) is 0 Å². The van der Waals surface area contributed by atoms with Gasteiger partial charge in [-0.05, 0) is 5.92 Å². The number of carbonyl (C=O) groups is 3. The van der Waals surface area contributed by atoms with Crippen molar-refractivity contribution in [2.24, 2.45) is 5.92 Å². The average Bonchev–Trinajstić information content (AvgIpc) is 2.23. The van der Waals surface area contributed by atoms with E-state index >= 15 is 0 Å². The first-order valence-corrected chi connectivity index (χ1v) is 5.80. The molecule has 0 saturated carbocycles. The Morgan fingerprint density at radius 1 is 1.25 bits per heavy atom. The molecule has 116 valence electrons. The number of carboxylic acids is 1. The van der Waals surface area contributed by atoms with Gasteiger partial charge in [0.05, 0.1) is 6.54 Å². The van der Waals surface area contributed by atoms with E-state index < -0.39 is 43.0 Å². The van der Waals surface area contributed by atoms with Gasteiger partial charge in [0.2, 0.25) is 11.8 Å². The van der Waals surface area contributed by atoms with Gasteiger partial charge in [-0.1, -0.05) is 6.92 Å². The molecule has 0 aliphatic carbocycles. The molecule has 0 aliphatic heterocycles. The zero-order valence-corrected chi connectivity index (χ0v) is 11.2. The Morgan fingerprint density at radius 2 is 1.80 bits per heavy atom. The summed E-state index contributed by atoms with van der Waals surface area (Å²) in [7, 11) is 1.27. The van der Waals surface area contributed by atoms with Gasteiger partial charge in [0, 0.05) is 19.9 Å². The van der Waals surface area contributed by atoms with Crippen LogP contribution in [0.1, 0.15) is 19.8 Å². The highest BCUT2D eigenvalue weighted by atomic mass is 19.4. The predicted octanol–water partition coefficient (Wildman–Crippen LogP) is 0.624. The molecule has 1 unspecified atom stereocenters. The lowest BCUT2D eigenvalue weighted by molar-refractivity contribution is -0.142. The highest BCUT2D eigenvalue weighted by molar-refractivity contribution is 5.84. The van der Waals surface area contributed by atoms with Crippen LogP contribution in [0.3, 0.4) is 0 Å². The van der Waals surface area contributed by atoms with Crippen LogP contribution in [0.4, 0.5) is 13.2 Å². The van der Waals surface area contributed by atoms with E-state index in [0.717, 1.165) is 4.90 Å². The van der Waals surface area contributed by atoms with Crippen molar-refractivity contribution in [1.82, 2.24) is 10.2 Å². The van der Waals surface area contributed by atoms with Gasteiger partial charge in [0.15, 0.2) is 0 Å². The monoisotopic (exact) mass is 298 g/mol. The summed E-state index contributed by atoms with van der Waals surface area (Å²) in [5.74, 6) is -2.89. The van der Waals surface area contributed by atoms with E-state index in [0.29, 0.717) is 0 Å². The second-order valence-corrected chi connectivity index (χ2v) is 4.55. The standard InChI is InChI=1S/C11H17F3N2O4/c1-7(4-10(19)20)3-9(18)16(2)5-8(17)15-6-11(12,13)14/h7H,3-6H2,1-2H3,(H,15,17)(H,19,20). The third-order valence-corrected chi connectivity index (χ3v) is 2.34. The summed E-state index contributed by atoms with van der Waals surface area (Å²) >= 11 is 0. The lowest BCUT2D eigenvalue weighted by Gasteiger charge is -2.19. The summed E-state index contributed by atoms with van der Waals surface area (Å²) in [4.78, 5) is 34.2. The molecule has 20 heavy (non-hydrogen) atoms. The van der Waals surface area contributed by atoms with E-state index in [4.69, 9.17) is 5.11 Å². The SMILES string of the molecule is CC(CC(=O)O)CC(=O)N(C)CC(=O)NCC(F)(F)F. The van der Waals surface area contributed by atoms with Crippen molar-refractivity contribution < 1.29 is 32.7 Å². The first-order valence-electron chi connectivity index (χ1n) is 5.80. The summed E-state index contributed by atoms with van der Waals surface area (Å²) in [6, 6.07) is 0. The molecule has 0 aromatic carbocycles. The highest BCUT2D eigenvalue weighted by Crippen LogP contribution is 2.12. The van der Waals surface area contributed by atoms with Crippen molar-refractivity contribution in [2.75, 3.05) is 20.1 Å². The molecule has 1 atom stereocenters. The summed E-state index contributed by atoms with van der Waals surface area (Å²) in [5, 5.41) is 10.2. The Hall–Kier alpha value is -1.80. The second-order valence-electron chi connectivity index (χ2n) is 4.55. The minimum Gasteiger partial charge on any atom is -0.481 e. The summed E-state index contributed by atoms with van der Waals surface area (Å²) in [6.45, 7) is -0.401. The summed E-state index contributed by atoms with van der Waals surface area (Å²) < 4.78 is 35.6. The molecule has 0 bridgehead atoms. The molecule has 9 heteroatoms. The van der Waals surface area contributed by atoms with Crippen LogP contribution in [0.15, 0.2) is 0 Å². The van der Waals surface area contributed by atoms with Gasteiger partial charge < -0.3 is 15.3 Å². The number of aliphatic carboxylic acids is 1. The van der Waals surface area contributed by atoms with Gasteiger partial charge in [0.1, 0.15) is 6.54 Å². The highest BCUT2D eigenvalue weighted by Gasteiger charge is 2.28. The Morgan fingerprint density at radius 3 is 2.25 bits per heavy atom. The zero-order valence-electron chi connectivity index (χ0n) is 11.2. The third-order valence-electron chi connectivity index (χ3n) is 2.34. The van der Waals surface area contributed by atoms with Crippen LogP contribution >= 0.6 is 0 Å². The fourth-order valence-electron chi connectivity index (χ4n) is 1.38. The fourth-order valence-corrected chi connectivity index (χ4v) is 1.38. The van der Waals surface area contributed by atoms with E-state index in [1.54, 1.807) is 12.2 Å². The number of carbonyl (C=O) groups excluding carboxylic acids is 2. The molecule has 0 rings (SSSR count). The number of alkyl halides is 3. The number of likely N-dealkylation sites (N-methyl/N-ethyl adjacent to an activating group) is 1. The molecule has 0 spiro atoms. The molecule has 0 heterocycles. The van der Waals surface area contributed by atoms with Crippen molar-refractivity contribution in [3.63, 3.8) is 0 Å². The van der Waals surface area contributed by atoms with E-state index in [-0.39, 0.29) is 12.8 Å². The topological polar surface area (TPSA) is 86.7 Å². The van der Waals surface area contributed by atoms with Crippen LogP contribution in [0, 0.1) is 5.92 Å². The van der Waals surface area contributed by atoms with Crippen LogP contribution in [0.5, 0.6) is 0 Å². The first-order chi connectivity index (χ1) is 9.01. The van der Waals surface area contributed by atoms with Crippen LogP contribution in [0.25, 0.3) is 0 Å². The zero-order chi connectivity index (χ0) is 15.9. The molecule has 0 aromatic heterocycles. The van der Waals surface area contributed by atoms with Gasteiger partial charge in [-0.15, -0.1) is 0 Å². The molecule has 6 nitrogen and oxygen atoms in total. The maximum atomic E-state index is 11.9. The number of nitrogens with one attached hydrogen (secondary N) is 1. The maximum Gasteiger partial charge on any atom is 0.405 e. The molecule has 0 aromatic rings. The Kier molecular flexibility index (Phi) is 7.01. The van der Waals surface area contributed by atoms with Crippen molar-refractivity contribution in [2.45, 2.75) is 25.9 Å². The predicted molar refractivity (Wildman–Crippen MR) is 62.7 cm³/mol. The molecule has 0 saturated heterocycles. The molecule has 2 amide bonds. The Bertz CT molecular complexity index is 371. The Labute approximate surface area is 113 Å². The fraction of sp³-hybridized carbons (Fsp3) is 0.727. The van der Waals surface area contributed by atoms with Gasteiger partial charge >= 0.3 is 12.1 Å². The average molecular weight is 298 g/mol. The number of amides is 2. The van der Waals surface area contributed by atoms with Crippen LogP contribution in [-0.2, 0) is 14.4 Å².